The van der Waals surface area contributed by atoms with Crippen molar-refractivity contribution in [2.45, 2.75) is 31.8 Å². The molecule has 0 bridgehead atoms. The van der Waals surface area contributed by atoms with Crippen molar-refractivity contribution in [2.24, 2.45) is 5.41 Å². The summed E-state index contributed by atoms with van der Waals surface area (Å²) >= 11 is 0. The highest BCUT2D eigenvalue weighted by Gasteiger charge is 2.38. The summed E-state index contributed by atoms with van der Waals surface area (Å²) in [7, 11) is 0. The average molecular weight is 268 g/mol. The molecule has 3 aliphatic rings. The summed E-state index contributed by atoms with van der Waals surface area (Å²) in [4.78, 5) is 14.3. The minimum Gasteiger partial charge on any atom is -0.376 e. The first-order valence-electron chi connectivity index (χ1n) is 7.48. The molecule has 0 saturated carbocycles. The molecule has 3 aliphatic heterocycles. The molecule has 3 saturated heterocycles. The van der Waals surface area contributed by atoms with Crippen LogP contribution in [0.4, 0.5) is 0 Å². The van der Waals surface area contributed by atoms with E-state index >= 15 is 0 Å². The van der Waals surface area contributed by atoms with Crippen LogP contribution in [-0.4, -0.2) is 62.9 Å². The van der Waals surface area contributed by atoms with Crippen molar-refractivity contribution in [3.63, 3.8) is 0 Å². The molecule has 1 spiro atoms. The van der Waals surface area contributed by atoms with Crippen LogP contribution in [0.5, 0.6) is 0 Å². The van der Waals surface area contributed by atoms with E-state index in [1.165, 1.54) is 12.8 Å². The quantitative estimate of drug-likeness (QED) is 0.747. The molecular weight excluding hydrogens is 244 g/mol. The number of nitrogens with one attached hydrogen (secondary N) is 1. The molecule has 108 valence electrons. The lowest BCUT2D eigenvalue weighted by atomic mass is 9.71. The van der Waals surface area contributed by atoms with Crippen LogP contribution in [0.15, 0.2) is 0 Å². The van der Waals surface area contributed by atoms with Crippen LogP contribution in [0, 0.1) is 5.41 Å². The molecule has 0 aromatic heterocycles. The van der Waals surface area contributed by atoms with Crippen molar-refractivity contribution >= 4 is 5.91 Å². The Morgan fingerprint density at radius 1 is 1.11 bits per heavy atom. The molecule has 3 heterocycles. The predicted molar refractivity (Wildman–Crippen MR) is 70.9 cm³/mol. The summed E-state index contributed by atoms with van der Waals surface area (Å²) in [5, 5.41) is 3.42. The van der Waals surface area contributed by atoms with Gasteiger partial charge < -0.3 is 19.7 Å². The third-order valence-electron chi connectivity index (χ3n) is 4.89. The Hall–Kier alpha value is -0.650. The number of carbonyl (C=O) groups is 1. The number of hydrogen-bond donors (Lipinski definition) is 1. The summed E-state index contributed by atoms with van der Waals surface area (Å²) in [6.07, 6.45) is 4.45. The van der Waals surface area contributed by atoms with Gasteiger partial charge in [0.05, 0.1) is 19.8 Å². The zero-order valence-corrected chi connectivity index (χ0v) is 11.5. The number of nitrogens with zero attached hydrogens (tertiary/aromatic N) is 1. The third kappa shape index (κ3) is 2.93. The molecule has 1 unspecified atom stereocenters. The van der Waals surface area contributed by atoms with Crippen LogP contribution in [0.25, 0.3) is 0 Å². The molecule has 1 N–H and O–H groups in total. The fourth-order valence-electron chi connectivity index (χ4n) is 3.49. The van der Waals surface area contributed by atoms with E-state index in [4.69, 9.17) is 9.47 Å². The van der Waals surface area contributed by atoms with Crippen LogP contribution >= 0.6 is 0 Å². The number of rotatable bonds is 1. The topological polar surface area (TPSA) is 50.8 Å². The molecule has 0 radical (unpaired) electrons. The standard InChI is InChI=1S/C14H24N2O3/c17-13(12-11-18-9-10-19-12)16-7-3-14(4-8-16)1-5-15-6-2-14/h12,15H,1-11H2. The Bertz CT molecular complexity index is 313. The second-order valence-electron chi connectivity index (χ2n) is 6.01. The van der Waals surface area contributed by atoms with E-state index in [-0.39, 0.29) is 12.0 Å². The second kappa shape index (κ2) is 5.77. The molecule has 3 rings (SSSR count). The lowest BCUT2D eigenvalue weighted by molar-refractivity contribution is -0.160. The monoisotopic (exact) mass is 268 g/mol. The van der Waals surface area contributed by atoms with Crippen LogP contribution in [0.3, 0.4) is 0 Å². The molecule has 5 nitrogen and oxygen atoms in total. The van der Waals surface area contributed by atoms with E-state index in [2.05, 4.69) is 5.32 Å². The van der Waals surface area contributed by atoms with Crippen molar-refractivity contribution in [3.05, 3.63) is 0 Å². The van der Waals surface area contributed by atoms with Gasteiger partial charge in [-0.15, -0.1) is 0 Å². The molecular formula is C14H24N2O3. The molecule has 0 aromatic carbocycles. The highest BCUT2D eigenvalue weighted by molar-refractivity contribution is 5.81. The number of carbonyl (C=O) groups excluding carboxylic acids is 1. The van der Waals surface area contributed by atoms with E-state index in [1.807, 2.05) is 4.90 Å². The number of likely N-dealkylation sites (tertiary alicyclic amines) is 1. The fourth-order valence-corrected chi connectivity index (χ4v) is 3.49. The molecule has 0 aliphatic carbocycles. The smallest absolute Gasteiger partial charge is 0.254 e. The molecule has 19 heavy (non-hydrogen) atoms. The van der Waals surface area contributed by atoms with Gasteiger partial charge in [0, 0.05) is 13.1 Å². The van der Waals surface area contributed by atoms with Crippen LogP contribution in [0.1, 0.15) is 25.7 Å². The Morgan fingerprint density at radius 3 is 2.47 bits per heavy atom. The molecule has 1 amide bonds. The first kappa shape index (κ1) is 13.3. The highest BCUT2D eigenvalue weighted by atomic mass is 16.6. The van der Waals surface area contributed by atoms with Gasteiger partial charge in [0.25, 0.3) is 5.91 Å². The number of ether oxygens (including phenoxy) is 2. The number of amides is 1. The van der Waals surface area contributed by atoms with Crippen molar-refractivity contribution in [1.29, 1.82) is 0 Å². The van der Waals surface area contributed by atoms with Crippen LogP contribution < -0.4 is 5.32 Å². The van der Waals surface area contributed by atoms with Crippen molar-refractivity contribution < 1.29 is 14.3 Å². The lowest BCUT2D eigenvalue weighted by Crippen LogP contribution is -2.51. The second-order valence-corrected chi connectivity index (χ2v) is 6.01. The number of piperidine rings is 2. The van der Waals surface area contributed by atoms with Gasteiger partial charge in [0.2, 0.25) is 0 Å². The van der Waals surface area contributed by atoms with Crippen molar-refractivity contribution in [2.75, 3.05) is 46.0 Å². The Labute approximate surface area is 114 Å². The maximum atomic E-state index is 12.3. The first-order chi connectivity index (χ1) is 9.29. The molecule has 0 aromatic rings. The van der Waals surface area contributed by atoms with E-state index in [1.54, 1.807) is 0 Å². The summed E-state index contributed by atoms with van der Waals surface area (Å²) in [5.41, 5.74) is 0.492. The van der Waals surface area contributed by atoms with Gasteiger partial charge in [-0.05, 0) is 44.2 Å². The summed E-state index contributed by atoms with van der Waals surface area (Å²) in [6.45, 7) is 5.61. The first-order valence-corrected chi connectivity index (χ1v) is 7.48. The van der Waals surface area contributed by atoms with Gasteiger partial charge in [-0.25, -0.2) is 0 Å². The average Bonchev–Trinajstić information content (AvgIpc) is 2.49. The summed E-state index contributed by atoms with van der Waals surface area (Å²) < 4.78 is 10.8. The SMILES string of the molecule is O=C(C1COCCO1)N1CCC2(CCNCC2)CC1. The molecule has 5 heteroatoms. The van der Waals surface area contributed by atoms with Crippen LogP contribution in [-0.2, 0) is 14.3 Å². The van der Waals surface area contributed by atoms with Gasteiger partial charge in [-0.2, -0.15) is 0 Å². The van der Waals surface area contributed by atoms with E-state index in [0.717, 1.165) is 39.0 Å². The van der Waals surface area contributed by atoms with Gasteiger partial charge in [0.15, 0.2) is 6.10 Å². The largest absolute Gasteiger partial charge is 0.376 e. The minimum absolute atomic E-state index is 0.128. The van der Waals surface area contributed by atoms with Crippen LogP contribution in [0.2, 0.25) is 0 Å². The Balaban J connectivity index is 1.52. The zero-order chi connectivity index (χ0) is 13.1. The maximum Gasteiger partial charge on any atom is 0.254 e. The Morgan fingerprint density at radius 2 is 1.84 bits per heavy atom. The predicted octanol–water partition coefficient (Wildman–Crippen LogP) is 0.394. The zero-order valence-electron chi connectivity index (χ0n) is 11.5. The van der Waals surface area contributed by atoms with Gasteiger partial charge in [-0.1, -0.05) is 0 Å². The van der Waals surface area contributed by atoms with Crippen molar-refractivity contribution in [3.8, 4) is 0 Å². The maximum absolute atomic E-state index is 12.3. The minimum atomic E-state index is -0.365. The highest BCUT2D eigenvalue weighted by Crippen LogP contribution is 2.39. The van der Waals surface area contributed by atoms with Crippen molar-refractivity contribution in [1.82, 2.24) is 10.2 Å². The summed E-state index contributed by atoms with van der Waals surface area (Å²) in [5.74, 6) is 0.128. The lowest BCUT2D eigenvalue weighted by Gasteiger charge is -2.45. The Kier molecular flexibility index (Phi) is 4.05. The molecule has 1 atom stereocenters. The van der Waals surface area contributed by atoms with E-state index in [9.17, 15) is 4.79 Å². The number of hydrogen-bond acceptors (Lipinski definition) is 4. The van der Waals surface area contributed by atoms with E-state index < -0.39 is 0 Å². The van der Waals surface area contributed by atoms with Gasteiger partial charge in [0.1, 0.15) is 0 Å². The molecule has 3 fully saturated rings. The van der Waals surface area contributed by atoms with Gasteiger partial charge in [-0.3, -0.25) is 4.79 Å². The van der Waals surface area contributed by atoms with Gasteiger partial charge >= 0.3 is 0 Å². The van der Waals surface area contributed by atoms with E-state index in [0.29, 0.717) is 25.2 Å². The summed E-state index contributed by atoms with van der Waals surface area (Å²) in [6, 6.07) is 0. The fraction of sp³-hybridized carbons (Fsp3) is 0.929. The normalized spacial score (nSPS) is 31.4. The third-order valence-corrected chi connectivity index (χ3v) is 4.89.